The van der Waals surface area contributed by atoms with Crippen LogP contribution in [0.1, 0.15) is 58.8 Å². The Hall–Kier alpha value is -0.310. The van der Waals surface area contributed by atoms with Gasteiger partial charge < -0.3 is 4.74 Å². The van der Waals surface area contributed by atoms with Gasteiger partial charge in [0.25, 0.3) is 0 Å². The number of cyclic esters (lactones) is 1. The van der Waals surface area contributed by atoms with Crippen LogP contribution in [0.3, 0.4) is 0 Å². The molecule has 0 aromatic rings. The van der Waals surface area contributed by atoms with E-state index in [1.54, 1.807) is 0 Å². The minimum absolute atomic E-state index is 0.00842. The molecular weight excluding hydrogens is 268 g/mol. The van der Waals surface area contributed by atoms with Crippen molar-refractivity contribution in [3.8, 4) is 0 Å². The highest BCUT2D eigenvalue weighted by molar-refractivity contribution is 9.11. The van der Waals surface area contributed by atoms with Crippen LogP contribution in [0.25, 0.3) is 0 Å². The van der Waals surface area contributed by atoms with Gasteiger partial charge >= 0.3 is 5.97 Å². The number of ether oxygens (including phenoxy) is 1. The zero-order valence-electron chi connectivity index (χ0n) is 10.2. The Morgan fingerprint density at radius 2 is 1.94 bits per heavy atom. The van der Waals surface area contributed by atoms with Crippen LogP contribution in [0.15, 0.2) is 10.1 Å². The summed E-state index contributed by atoms with van der Waals surface area (Å²) in [6.07, 6.45) is 7.64. The third kappa shape index (κ3) is 3.62. The lowest BCUT2D eigenvalue weighted by Gasteiger charge is -2.09. The van der Waals surface area contributed by atoms with Gasteiger partial charge in [-0.05, 0) is 19.3 Å². The quantitative estimate of drug-likeness (QED) is 0.515. The zero-order chi connectivity index (χ0) is 12.0. The molecule has 1 aliphatic heterocycles. The van der Waals surface area contributed by atoms with Crippen molar-refractivity contribution >= 4 is 21.9 Å². The monoisotopic (exact) mass is 288 g/mol. The molecule has 1 unspecified atom stereocenters. The van der Waals surface area contributed by atoms with Crippen molar-refractivity contribution < 1.29 is 9.53 Å². The van der Waals surface area contributed by atoms with E-state index in [1.165, 1.54) is 19.3 Å². The SMILES string of the molecule is CCCCCCC1OC(=O)C(CCC)=C1Br. The molecule has 1 atom stereocenters. The summed E-state index contributed by atoms with van der Waals surface area (Å²) in [5.74, 6) is -0.116. The average Bonchev–Trinajstić information content (AvgIpc) is 2.53. The molecule has 2 nitrogen and oxygen atoms in total. The number of rotatable bonds is 7. The highest BCUT2D eigenvalue weighted by Gasteiger charge is 2.31. The fraction of sp³-hybridized carbons (Fsp3) is 0.769. The molecule has 92 valence electrons. The van der Waals surface area contributed by atoms with Crippen LogP contribution >= 0.6 is 15.9 Å². The third-order valence-electron chi connectivity index (χ3n) is 2.89. The second-order valence-corrected chi connectivity index (χ2v) is 5.17. The van der Waals surface area contributed by atoms with E-state index in [4.69, 9.17) is 4.74 Å². The van der Waals surface area contributed by atoms with Gasteiger partial charge in [0.15, 0.2) is 0 Å². The maximum absolute atomic E-state index is 11.6. The predicted octanol–water partition coefficient (Wildman–Crippen LogP) is 4.33. The molecule has 16 heavy (non-hydrogen) atoms. The van der Waals surface area contributed by atoms with E-state index in [-0.39, 0.29) is 12.1 Å². The summed E-state index contributed by atoms with van der Waals surface area (Å²) in [4.78, 5) is 11.6. The van der Waals surface area contributed by atoms with Gasteiger partial charge in [0, 0.05) is 4.48 Å². The second kappa shape index (κ2) is 7.10. The Kier molecular flexibility index (Phi) is 6.10. The normalized spacial score (nSPS) is 20.4. The lowest BCUT2D eigenvalue weighted by Crippen LogP contribution is -2.09. The molecule has 0 N–H and O–H groups in total. The first-order chi connectivity index (χ1) is 7.70. The summed E-state index contributed by atoms with van der Waals surface area (Å²) in [7, 11) is 0. The van der Waals surface area contributed by atoms with Crippen LogP contribution in [0.5, 0.6) is 0 Å². The summed E-state index contributed by atoms with van der Waals surface area (Å²) in [5, 5.41) is 0. The van der Waals surface area contributed by atoms with Gasteiger partial charge in [0.05, 0.1) is 5.57 Å². The Labute approximate surface area is 107 Å². The summed E-state index contributed by atoms with van der Waals surface area (Å²) < 4.78 is 6.36. The van der Waals surface area contributed by atoms with Crippen LogP contribution in [-0.2, 0) is 9.53 Å². The topological polar surface area (TPSA) is 26.3 Å². The smallest absolute Gasteiger partial charge is 0.335 e. The molecule has 0 bridgehead atoms. The van der Waals surface area contributed by atoms with Crippen molar-refractivity contribution in [3.05, 3.63) is 10.1 Å². The highest BCUT2D eigenvalue weighted by atomic mass is 79.9. The first kappa shape index (κ1) is 13.8. The summed E-state index contributed by atoms with van der Waals surface area (Å²) >= 11 is 3.52. The van der Waals surface area contributed by atoms with E-state index < -0.39 is 0 Å². The molecule has 0 saturated carbocycles. The molecule has 0 aromatic heterocycles. The molecule has 0 aromatic carbocycles. The van der Waals surface area contributed by atoms with E-state index in [2.05, 4.69) is 29.8 Å². The first-order valence-electron chi connectivity index (χ1n) is 6.30. The lowest BCUT2D eigenvalue weighted by atomic mass is 10.1. The molecule has 0 amide bonds. The number of halogens is 1. The molecule has 0 spiro atoms. The maximum Gasteiger partial charge on any atom is 0.335 e. The van der Waals surface area contributed by atoms with Crippen molar-refractivity contribution in [2.75, 3.05) is 0 Å². The summed E-state index contributed by atoms with van der Waals surface area (Å²) in [6.45, 7) is 4.28. The first-order valence-corrected chi connectivity index (χ1v) is 7.09. The van der Waals surface area contributed by atoms with Crippen LogP contribution < -0.4 is 0 Å². The lowest BCUT2D eigenvalue weighted by molar-refractivity contribution is -0.140. The summed E-state index contributed by atoms with van der Waals surface area (Å²) in [6, 6.07) is 0. The summed E-state index contributed by atoms with van der Waals surface area (Å²) in [5.41, 5.74) is 0.850. The fourth-order valence-electron chi connectivity index (χ4n) is 1.96. The fourth-order valence-corrected chi connectivity index (χ4v) is 2.64. The molecule has 0 radical (unpaired) electrons. The third-order valence-corrected chi connectivity index (χ3v) is 3.88. The Morgan fingerprint density at radius 3 is 2.56 bits per heavy atom. The number of unbranched alkanes of at least 4 members (excludes halogenated alkanes) is 3. The number of hydrogen-bond acceptors (Lipinski definition) is 2. The Bertz CT molecular complexity index is 271. The number of carbonyl (C=O) groups excluding carboxylic acids is 1. The predicted molar refractivity (Wildman–Crippen MR) is 69.5 cm³/mol. The second-order valence-electron chi connectivity index (χ2n) is 4.32. The van der Waals surface area contributed by atoms with Gasteiger partial charge in [-0.2, -0.15) is 0 Å². The molecule has 1 aliphatic rings. The molecule has 3 heteroatoms. The zero-order valence-corrected chi connectivity index (χ0v) is 11.8. The minimum atomic E-state index is -0.116. The Balaban J connectivity index is 2.42. The van der Waals surface area contributed by atoms with Crippen LogP contribution in [0.2, 0.25) is 0 Å². The van der Waals surface area contributed by atoms with Crippen LogP contribution in [-0.4, -0.2) is 12.1 Å². The number of esters is 1. The number of carbonyl (C=O) groups is 1. The largest absolute Gasteiger partial charge is 0.454 e. The van der Waals surface area contributed by atoms with Crippen LogP contribution in [0.4, 0.5) is 0 Å². The van der Waals surface area contributed by atoms with Crippen LogP contribution in [0, 0.1) is 0 Å². The van der Waals surface area contributed by atoms with Crippen molar-refractivity contribution in [2.45, 2.75) is 64.9 Å². The van der Waals surface area contributed by atoms with Gasteiger partial charge in [-0.15, -0.1) is 0 Å². The van der Waals surface area contributed by atoms with Crippen molar-refractivity contribution in [3.63, 3.8) is 0 Å². The van der Waals surface area contributed by atoms with E-state index in [0.29, 0.717) is 0 Å². The van der Waals surface area contributed by atoms with Gasteiger partial charge in [-0.1, -0.05) is 55.5 Å². The molecule has 0 saturated heterocycles. The van der Waals surface area contributed by atoms with E-state index in [0.717, 1.165) is 35.7 Å². The van der Waals surface area contributed by atoms with Gasteiger partial charge in [0.1, 0.15) is 6.10 Å². The molecular formula is C13H21BrO2. The van der Waals surface area contributed by atoms with E-state index in [9.17, 15) is 4.79 Å². The molecule has 0 aliphatic carbocycles. The standard InChI is InChI=1S/C13H21BrO2/c1-3-5-6-7-9-11-12(14)10(8-4-2)13(15)16-11/h11H,3-9H2,1-2H3. The molecule has 0 fully saturated rings. The van der Waals surface area contributed by atoms with E-state index in [1.807, 2.05) is 0 Å². The van der Waals surface area contributed by atoms with Crippen molar-refractivity contribution in [1.82, 2.24) is 0 Å². The highest BCUT2D eigenvalue weighted by Crippen LogP contribution is 2.33. The van der Waals surface area contributed by atoms with E-state index >= 15 is 0 Å². The molecule has 1 heterocycles. The van der Waals surface area contributed by atoms with Gasteiger partial charge in [-0.3, -0.25) is 0 Å². The molecule has 1 rings (SSSR count). The van der Waals surface area contributed by atoms with Gasteiger partial charge in [0.2, 0.25) is 0 Å². The Morgan fingerprint density at radius 1 is 1.19 bits per heavy atom. The van der Waals surface area contributed by atoms with Gasteiger partial charge in [-0.25, -0.2) is 4.79 Å². The van der Waals surface area contributed by atoms with Crippen molar-refractivity contribution in [1.29, 1.82) is 0 Å². The maximum atomic E-state index is 11.6. The average molecular weight is 289 g/mol. The minimum Gasteiger partial charge on any atom is -0.454 e. The van der Waals surface area contributed by atoms with Crippen molar-refractivity contribution in [2.24, 2.45) is 0 Å². The number of hydrogen-bond donors (Lipinski definition) is 0.